The van der Waals surface area contributed by atoms with Crippen LogP contribution in [0, 0.1) is 11.8 Å². The second-order valence-electron chi connectivity index (χ2n) is 7.48. The van der Waals surface area contributed by atoms with Gasteiger partial charge in [0, 0.05) is 31.5 Å². The fourth-order valence-corrected chi connectivity index (χ4v) is 4.33. The van der Waals surface area contributed by atoms with Crippen molar-refractivity contribution in [3.8, 4) is 0 Å². The maximum Gasteiger partial charge on any atom is 0.271 e. The normalized spacial score (nSPS) is 34.1. The van der Waals surface area contributed by atoms with Crippen molar-refractivity contribution in [2.24, 2.45) is 11.8 Å². The van der Waals surface area contributed by atoms with Crippen LogP contribution in [0.4, 0.5) is 0 Å². The highest BCUT2D eigenvalue weighted by atomic mass is 16.5. The molecular formula is C18H24N4O3. The number of nitrogens with one attached hydrogen (secondary N) is 1. The molecule has 7 heteroatoms. The third-order valence-electron chi connectivity index (χ3n) is 5.64. The van der Waals surface area contributed by atoms with Crippen molar-refractivity contribution in [3.05, 3.63) is 24.3 Å². The number of aromatic nitrogens is 2. The fraction of sp³-hybridized carbons (Fsp3) is 0.667. The molecule has 0 spiro atoms. The topological polar surface area (TPSA) is 84.4 Å². The van der Waals surface area contributed by atoms with E-state index in [1.807, 2.05) is 4.90 Å². The lowest BCUT2D eigenvalue weighted by Crippen LogP contribution is -2.48. The van der Waals surface area contributed by atoms with Crippen LogP contribution in [0.25, 0.3) is 0 Å². The molecule has 2 aliphatic heterocycles. The van der Waals surface area contributed by atoms with E-state index in [1.54, 1.807) is 0 Å². The smallest absolute Gasteiger partial charge is 0.271 e. The molecule has 7 nitrogen and oxygen atoms in total. The van der Waals surface area contributed by atoms with Gasteiger partial charge in [-0.15, -0.1) is 0 Å². The van der Waals surface area contributed by atoms with Crippen LogP contribution in [0.5, 0.6) is 0 Å². The van der Waals surface area contributed by atoms with E-state index in [9.17, 15) is 9.59 Å². The Balaban J connectivity index is 1.47. The van der Waals surface area contributed by atoms with Crippen molar-refractivity contribution in [2.45, 2.75) is 50.8 Å². The summed E-state index contributed by atoms with van der Waals surface area (Å²) in [7, 11) is 0. The summed E-state index contributed by atoms with van der Waals surface area (Å²) >= 11 is 0. The zero-order valence-electron chi connectivity index (χ0n) is 14.4. The molecular weight excluding hydrogens is 320 g/mol. The summed E-state index contributed by atoms with van der Waals surface area (Å²) < 4.78 is 5.94. The number of fused-ring (bicyclic) bond motifs is 1. The SMILES string of the molecule is CC1CC(C(=O)N2C[C@H](NC(=O)c3cnccn3)[C@@H]3OCCC[C@@H]32)C1. The van der Waals surface area contributed by atoms with Gasteiger partial charge in [0.25, 0.3) is 5.91 Å². The minimum Gasteiger partial charge on any atom is -0.374 e. The molecule has 1 N–H and O–H groups in total. The van der Waals surface area contributed by atoms with Crippen molar-refractivity contribution in [3.63, 3.8) is 0 Å². The molecule has 0 aromatic carbocycles. The van der Waals surface area contributed by atoms with Crippen LogP contribution < -0.4 is 5.32 Å². The molecule has 2 amide bonds. The summed E-state index contributed by atoms with van der Waals surface area (Å²) in [6.07, 6.45) is 8.20. The highest BCUT2D eigenvalue weighted by Crippen LogP contribution is 2.38. The quantitative estimate of drug-likeness (QED) is 0.885. The lowest BCUT2D eigenvalue weighted by Gasteiger charge is -2.38. The molecule has 2 saturated heterocycles. The summed E-state index contributed by atoms with van der Waals surface area (Å²) in [6, 6.07) is -0.120. The number of nitrogens with zero attached hydrogens (tertiary/aromatic N) is 3. The van der Waals surface area contributed by atoms with Crippen molar-refractivity contribution in [1.82, 2.24) is 20.2 Å². The molecule has 1 aliphatic carbocycles. The zero-order valence-corrected chi connectivity index (χ0v) is 14.4. The van der Waals surface area contributed by atoms with Crippen molar-refractivity contribution in [1.29, 1.82) is 0 Å². The van der Waals surface area contributed by atoms with Gasteiger partial charge in [0.05, 0.1) is 24.4 Å². The van der Waals surface area contributed by atoms with Crippen LogP contribution in [0.1, 0.15) is 43.1 Å². The number of carbonyl (C=O) groups is 2. The van der Waals surface area contributed by atoms with Gasteiger partial charge in [0.2, 0.25) is 5.91 Å². The Hall–Kier alpha value is -2.02. The standard InChI is InChI=1S/C18H24N4O3/c1-11-7-12(8-11)18(24)22-10-14(16-15(22)3-2-6-25-16)21-17(23)13-9-19-4-5-20-13/h4-5,9,11-12,14-16H,2-3,6-8,10H2,1H3,(H,21,23)/t11?,12?,14-,15-,16-/m0/s1. The molecule has 3 fully saturated rings. The van der Waals surface area contributed by atoms with Gasteiger partial charge in [0.15, 0.2) is 0 Å². The number of likely N-dealkylation sites (tertiary alicyclic amines) is 1. The minimum atomic E-state index is -0.266. The number of hydrogen-bond acceptors (Lipinski definition) is 5. The minimum absolute atomic E-state index is 0.0734. The Bertz CT molecular complexity index is 647. The first kappa shape index (κ1) is 16.4. The first-order valence-corrected chi connectivity index (χ1v) is 9.12. The zero-order chi connectivity index (χ0) is 17.4. The van der Waals surface area contributed by atoms with Gasteiger partial charge in [-0.25, -0.2) is 4.98 Å². The van der Waals surface area contributed by atoms with Gasteiger partial charge < -0.3 is 15.0 Å². The number of rotatable bonds is 3. The van der Waals surface area contributed by atoms with E-state index in [1.165, 1.54) is 18.6 Å². The predicted molar refractivity (Wildman–Crippen MR) is 89.6 cm³/mol. The Kier molecular flexibility index (Phi) is 4.41. The molecule has 25 heavy (non-hydrogen) atoms. The fourth-order valence-electron chi connectivity index (χ4n) is 4.33. The lowest BCUT2D eigenvalue weighted by molar-refractivity contribution is -0.143. The second kappa shape index (κ2) is 6.71. The predicted octanol–water partition coefficient (Wildman–Crippen LogP) is 1.01. The van der Waals surface area contributed by atoms with E-state index in [4.69, 9.17) is 4.74 Å². The van der Waals surface area contributed by atoms with Gasteiger partial charge in [-0.3, -0.25) is 14.6 Å². The van der Waals surface area contributed by atoms with Crippen molar-refractivity contribution in [2.75, 3.05) is 13.2 Å². The maximum atomic E-state index is 12.9. The molecule has 3 atom stereocenters. The summed E-state index contributed by atoms with van der Waals surface area (Å²) in [5.74, 6) is 0.751. The van der Waals surface area contributed by atoms with Crippen LogP contribution in [0.15, 0.2) is 18.6 Å². The summed E-state index contributed by atoms with van der Waals surface area (Å²) in [4.78, 5) is 35.2. The molecule has 0 bridgehead atoms. The Labute approximate surface area is 147 Å². The first-order valence-electron chi connectivity index (χ1n) is 9.12. The molecule has 3 aliphatic rings. The molecule has 1 saturated carbocycles. The molecule has 134 valence electrons. The molecule has 1 aromatic rings. The van der Waals surface area contributed by atoms with Crippen LogP contribution in [0.3, 0.4) is 0 Å². The van der Waals surface area contributed by atoms with Gasteiger partial charge in [-0.2, -0.15) is 0 Å². The van der Waals surface area contributed by atoms with Crippen molar-refractivity contribution >= 4 is 11.8 Å². The second-order valence-corrected chi connectivity index (χ2v) is 7.48. The summed E-state index contributed by atoms with van der Waals surface area (Å²) in [5.41, 5.74) is 0.285. The van der Waals surface area contributed by atoms with E-state index in [0.717, 1.165) is 25.7 Å². The Morgan fingerprint density at radius 1 is 1.32 bits per heavy atom. The van der Waals surface area contributed by atoms with Crippen LogP contribution in [-0.4, -0.2) is 58.0 Å². The third kappa shape index (κ3) is 3.13. The third-order valence-corrected chi connectivity index (χ3v) is 5.64. The van der Waals surface area contributed by atoms with E-state index >= 15 is 0 Å². The van der Waals surface area contributed by atoms with E-state index in [2.05, 4.69) is 22.2 Å². The van der Waals surface area contributed by atoms with Crippen LogP contribution in [-0.2, 0) is 9.53 Å². The molecule has 3 heterocycles. The average Bonchev–Trinajstić information content (AvgIpc) is 2.98. The first-order chi connectivity index (χ1) is 12.1. The Morgan fingerprint density at radius 2 is 2.16 bits per heavy atom. The molecule has 1 aromatic heterocycles. The molecule has 0 unspecified atom stereocenters. The highest BCUT2D eigenvalue weighted by molar-refractivity contribution is 5.92. The van der Waals surface area contributed by atoms with Crippen LogP contribution >= 0.6 is 0 Å². The number of amides is 2. The van der Waals surface area contributed by atoms with Crippen LogP contribution in [0.2, 0.25) is 0 Å². The maximum absolute atomic E-state index is 12.9. The number of carbonyl (C=O) groups excluding carboxylic acids is 2. The van der Waals surface area contributed by atoms with Crippen molar-refractivity contribution < 1.29 is 14.3 Å². The number of hydrogen-bond donors (Lipinski definition) is 1. The van der Waals surface area contributed by atoms with E-state index in [0.29, 0.717) is 19.1 Å². The summed E-state index contributed by atoms with van der Waals surface area (Å²) in [5, 5.41) is 3.00. The van der Waals surface area contributed by atoms with Gasteiger partial charge in [0.1, 0.15) is 5.69 Å². The highest BCUT2D eigenvalue weighted by Gasteiger charge is 2.49. The molecule has 4 rings (SSSR count). The van der Waals surface area contributed by atoms with E-state index < -0.39 is 0 Å². The van der Waals surface area contributed by atoms with Gasteiger partial charge in [-0.1, -0.05) is 6.92 Å². The Morgan fingerprint density at radius 3 is 2.88 bits per heavy atom. The number of ether oxygens (including phenoxy) is 1. The molecule has 0 radical (unpaired) electrons. The lowest BCUT2D eigenvalue weighted by atomic mass is 9.75. The van der Waals surface area contributed by atoms with Gasteiger partial charge in [-0.05, 0) is 31.6 Å². The average molecular weight is 344 g/mol. The largest absolute Gasteiger partial charge is 0.374 e. The van der Waals surface area contributed by atoms with Gasteiger partial charge >= 0.3 is 0 Å². The summed E-state index contributed by atoms with van der Waals surface area (Å²) in [6.45, 7) is 3.39. The monoisotopic (exact) mass is 344 g/mol. The van der Waals surface area contributed by atoms with E-state index in [-0.39, 0.29) is 41.6 Å².